The first-order chi connectivity index (χ1) is 16.7. The lowest BCUT2D eigenvalue weighted by molar-refractivity contribution is -0.323. The molecule has 1 aromatic carbocycles. The molecule has 0 radical (unpaired) electrons. The third-order valence-electron chi connectivity index (χ3n) is 6.90. The van der Waals surface area contributed by atoms with Crippen molar-refractivity contribution in [1.29, 1.82) is 0 Å². The topological polar surface area (TPSA) is 156 Å². The molecule has 0 bridgehead atoms. The van der Waals surface area contributed by atoms with Crippen molar-refractivity contribution in [1.82, 2.24) is 10.3 Å². The number of ether oxygens (including phenoxy) is 1. The summed E-state index contributed by atoms with van der Waals surface area (Å²) < 4.78 is 5.73. The minimum absolute atomic E-state index is 0.0396. The average Bonchev–Trinajstić information content (AvgIpc) is 3.56. The van der Waals surface area contributed by atoms with E-state index >= 15 is 0 Å². The summed E-state index contributed by atoms with van der Waals surface area (Å²) in [7, 11) is 1.57. The van der Waals surface area contributed by atoms with Gasteiger partial charge in [0.2, 0.25) is 5.91 Å². The third-order valence-corrected chi connectivity index (χ3v) is 6.90. The first-order valence-corrected chi connectivity index (χ1v) is 11.7. The molecule has 1 saturated heterocycles. The summed E-state index contributed by atoms with van der Waals surface area (Å²) in [4.78, 5) is 31.2. The Bertz CT molecular complexity index is 1150. The van der Waals surface area contributed by atoms with Crippen LogP contribution >= 0.6 is 0 Å². The summed E-state index contributed by atoms with van der Waals surface area (Å²) in [5.74, 6) is -0.356. The molecule has 11 nitrogen and oxygen atoms in total. The predicted molar refractivity (Wildman–Crippen MR) is 127 cm³/mol. The number of benzene rings is 1. The molecule has 3 fully saturated rings. The number of hydrogen-bond acceptors (Lipinski definition) is 9. The van der Waals surface area contributed by atoms with E-state index < -0.39 is 12.0 Å². The summed E-state index contributed by atoms with van der Waals surface area (Å²) in [6.07, 6.45) is 3.19. The zero-order chi connectivity index (χ0) is 24.8. The smallest absolute Gasteiger partial charge is 0.369 e. The number of aliphatic hydroxyl groups is 3. The molecule has 3 aliphatic rings. The number of anilines is 4. The van der Waals surface area contributed by atoms with Crippen LogP contribution < -0.4 is 25.6 Å². The molecule has 6 N–H and O–H groups in total. The lowest BCUT2D eigenvalue weighted by Crippen LogP contribution is -2.59. The van der Waals surface area contributed by atoms with Crippen molar-refractivity contribution in [3.8, 4) is 5.75 Å². The number of methoxy groups -OCH3 is 1. The van der Waals surface area contributed by atoms with E-state index in [1.807, 2.05) is 12.1 Å². The molecule has 35 heavy (non-hydrogen) atoms. The predicted octanol–water partition coefficient (Wildman–Crippen LogP) is 1.49. The SMILES string of the molecule is COc1c(Nc2cc(NC(=O)C3CC3)ncc2C(=O)NC(O)(O)O)cccc1N1CC2(CCC2)C1. The van der Waals surface area contributed by atoms with Gasteiger partial charge in [0.1, 0.15) is 5.82 Å². The number of nitrogens with one attached hydrogen (secondary N) is 3. The molecule has 5 rings (SSSR count). The zero-order valence-corrected chi connectivity index (χ0v) is 19.4. The van der Waals surface area contributed by atoms with Gasteiger partial charge in [0.15, 0.2) is 5.75 Å². The first kappa shape index (κ1) is 23.3. The Morgan fingerprint density at radius 1 is 1.17 bits per heavy atom. The number of pyridine rings is 1. The van der Waals surface area contributed by atoms with Crippen molar-refractivity contribution < 1.29 is 29.6 Å². The maximum Gasteiger partial charge on any atom is 0.369 e. The summed E-state index contributed by atoms with van der Waals surface area (Å²) in [6.45, 7) is 1.94. The molecule has 1 spiro atoms. The summed E-state index contributed by atoms with van der Waals surface area (Å²) in [6, 6.07) is 7.12. The minimum atomic E-state index is -3.40. The number of carbonyl (C=O) groups excluding carboxylic acids is 2. The van der Waals surface area contributed by atoms with Crippen molar-refractivity contribution in [2.45, 2.75) is 38.2 Å². The fraction of sp³-hybridized carbons (Fsp3) is 0.458. The summed E-state index contributed by atoms with van der Waals surface area (Å²) in [5.41, 5.74) is 2.06. The molecule has 0 atom stereocenters. The Balaban J connectivity index is 1.44. The van der Waals surface area contributed by atoms with E-state index in [9.17, 15) is 24.9 Å². The largest absolute Gasteiger partial charge is 0.492 e. The van der Waals surface area contributed by atoms with Crippen LogP contribution in [0.3, 0.4) is 0 Å². The van der Waals surface area contributed by atoms with Crippen LogP contribution in [-0.2, 0) is 4.79 Å². The van der Waals surface area contributed by atoms with Gasteiger partial charge in [-0.15, -0.1) is 0 Å². The second-order valence-corrected chi connectivity index (χ2v) is 9.66. The van der Waals surface area contributed by atoms with E-state index in [-0.39, 0.29) is 28.9 Å². The second-order valence-electron chi connectivity index (χ2n) is 9.66. The Kier molecular flexibility index (Phi) is 5.78. The Labute approximate surface area is 202 Å². The maximum absolute atomic E-state index is 12.6. The number of aromatic nitrogens is 1. The molecule has 1 aliphatic heterocycles. The van der Waals surface area contributed by atoms with Gasteiger partial charge in [-0.25, -0.2) is 4.98 Å². The van der Waals surface area contributed by atoms with Gasteiger partial charge in [-0.2, -0.15) is 0 Å². The van der Waals surface area contributed by atoms with Crippen LogP contribution in [0.5, 0.6) is 5.75 Å². The van der Waals surface area contributed by atoms with E-state index in [1.54, 1.807) is 18.5 Å². The van der Waals surface area contributed by atoms with Gasteiger partial charge < -0.3 is 35.6 Å². The normalized spacial score (nSPS) is 18.3. The van der Waals surface area contributed by atoms with Gasteiger partial charge in [0.25, 0.3) is 5.91 Å². The van der Waals surface area contributed by atoms with Gasteiger partial charge in [-0.05, 0) is 37.8 Å². The molecule has 2 aliphatic carbocycles. The molecular formula is C24H29N5O6. The highest BCUT2D eigenvalue weighted by Crippen LogP contribution is 2.51. The third kappa shape index (κ3) is 4.88. The van der Waals surface area contributed by atoms with Gasteiger partial charge in [-0.3, -0.25) is 14.9 Å². The fourth-order valence-corrected chi connectivity index (χ4v) is 4.76. The van der Waals surface area contributed by atoms with E-state index in [1.165, 1.54) is 31.5 Å². The van der Waals surface area contributed by atoms with Crippen molar-refractivity contribution in [2.75, 3.05) is 35.7 Å². The molecule has 2 amide bonds. The Morgan fingerprint density at radius 2 is 1.91 bits per heavy atom. The Hall–Kier alpha value is -3.41. The minimum Gasteiger partial charge on any atom is -0.492 e. The van der Waals surface area contributed by atoms with Gasteiger partial charge >= 0.3 is 6.10 Å². The average molecular weight is 484 g/mol. The van der Waals surface area contributed by atoms with Gasteiger partial charge in [0, 0.05) is 36.7 Å². The molecule has 0 unspecified atom stereocenters. The van der Waals surface area contributed by atoms with E-state index in [0.29, 0.717) is 16.9 Å². The molecular weight excluding hydrogens is 454 g/mol. The van der Waals surface area contributed by atoms with Crippen molar-refractivity contribution >= 4 is 34.7 Å². The van der Waals surface area contributed by atoms with Crippen LogP contribution in [0.25, 0.3) is 0 Å². The lowest BCUT2D eigenvalue weighted by Gasteiger charge is -2.57. The molecule has 11 heteroatoms. The molecule has 2 aromatic rings. The molecule has 186 valence electrons. The second kappa shape index (κ2) is 8.67. The van der Waals surface area contributed by atoms with E-state index in [0.717, 1.165) is 31.6 Å². The quantitative estimate of drug-likeness (QED) is 0.306. The number of carbonyl (C=O) groups is 2. The number of hydrogen-bond donors (Lipinski definition) is 6. The number of amides is 2. The van der Waals surface area contributed by atoms with Crippen LogP contribution in [0.2, 0.25) is 0 Å². The van der Waals surface area contributed by atoms with Gasteiger partial charge in [0.05, 0.1) is 29.7 Å². The number of para-hydroxylation sites is 1. The first-order valence-electron chi connectivity index (χ1n) is 11.7. The van der Waals surface area contributed by atoms with Crippen molar-refractivity contribution in [2.24, 2.45) is 11.3 Å². The van der Waals surface area contributed by atoms with Crippen LogP contribution in [0.4, 0.5) is 22.9 Å². The highest BCUT2D eigenvalue weighted by Gasteiger charge is 2.48. The summed E-state index contributed by atoms with van der Waals surface area (Å²) >= 11 is 0. The molecule has 2 saturated carbocycles. The van der Waals surface area contributed by atoms with Crippen molar-refractivity contribution in [3.63, 3.8) is 0 Å². The number of nitrogens with zero attached hydrogens (tertiary/aromatic N) is 2. The zero-order valence-electron chi connectivity index (χ0n) is 19.4. The standard InChI is InChI=1S/C24H29N5O6/c1-35-20-16(4-2-5-18(20)29-12-23(13-29)8-3-9-23)26-17-10-19(27-21(30)14-6-7-14)25-11-15(17)22(31)28-24(32,33)34/h2,4-5,10-11,14,32-34H,3,6-9,12-13H2,1H3,(H,28,31)(H2,25,26,27,30). The van der Waals surface area contributed by atoms with Crippen LogP contribution in [0.15, 0.2) is 30.5 Å². The van der Waals surface area contributed by atoms with Crippen LogP contribution in [0.1, 0.15) is 42.5 Å². The summed E-state index contributed by atoms with van der Waals surface area (Å²) in [5, 5.41) is 35.2. The lowest BCUT2D eigenvalue weighted by atomic mass is 9.63. The van der Waals surface area contributed by atoms with E-state index in [2.05, 4.69) is 20.5 Å². The fourth-order valence-electron chi connectivity index (χ4n) is 4.76. The van der Waals surface area contributed by atoms with Gasteiger partial charge in [-0.1, -0.05) is 12.5 Å². The molecule has 2 heterocycles. The maximum atomic E-state index is 12.6. The van der Waals surface area contributed by atoms with Crippen LogP contribution in [0, 0.1) is 11.3 Å². The van der Waals surface area contributed by atoms with Crippen molar-refractivity contribution in [3.05, 3.63) is 36.0 Å². The Morgan fingerprint density at radius 3 is 2.51 bits per heavy atom. The highest BCUT2D eigenvalue weighted by atomic mass is 16.7. The van der Waals surface area contributed by atoms with E-state index in [4.69, 9.17) is 4.74 Å². The van der Waals surface area contributed by atoms with Crippen LogP contribution in [-0.4, -0.2) is 58.4 Å². The monoisotopic (exact) mass is 483 g/mol. The highest BCUT2D eigenvalue weighted by molar-refractivity contribution is 6.02. The molecule has 1 aromatic heterocycles. The number of rotatable bonds is 8.